The Morgan fingerprint density at radius 3 is 2.00 bits per heavy atom. The van der Waals surface area contributed by atoms with Gasteiger partial charge >= 0.3 is 6.09 Å². The normalized spacial score (nSPS) is 15.5. The minimum Gasteiger partial charge on any atom is -0.444 e. The molecule has 0 bridgehead atoms. The average molecular weight is 449 g/mol. The number of ether oxygens (including phenoxy) is 1. The molecule has 1 aliphatic rings. The maximum Gasteiger partial charge on any atom is 0.410 e. The van der Waals surface area contributed by atoms with Crippen LogP contribution in [0.3, 0.4) is 0 Å². The molecule has 2 amide bonds. The van der Waals surface area contributed by atoms with Gasteiger partial charge in [-0.1, -0.05) is 0 Å². The third kappa shape index (κ3) is 5.17. The highest BCUT2D eigenvalue weighted by atomic mass is 79.9. The summed E-state index contributed by atoms with van der Waals surface area (Å²) in [5, 5.41) is 0. The molecule has 0 unspecified atom stereocenters. The molecule has 0 radical (unpaired) electrons. The van der Waals surface area contributed by atoms with Gasteiger partial charge in [0.15, 0.2) is 0 Å². The van der Waals surface area contributed by atoms with Gasteiger partial charge in [-0.05, 0) is 64.8 Å². The van der Waals surface area contributed by atoms with E-state index in [0.29, 0.717) is 40.9 Å². The Balaban J connectivity index is 1.96. The summed E-state index contributed by atoms with van der Waals surface area (Å²) in [6.07, 6.45) is -0.334. The van der Waals surface area contributed by atoms with E-state index in [9.17, 15) is 9.59 Å². The fourth-order valence-electron chi connectivity index (χ4n) is 2.19. The molecule has 1 aliphatic heterocycles. The molecule has 1 aromatic heterocycles. The van der Waals surface area contributed by atoms with Crippen LogP contribution in [-0.2, 0) is 4.74 Å². The van der Waals surface area contributed by atoms with Crippen LogP contribution in [0.5, 0.6) is 0 Å². The van der Waals surface area contributed by atoms with Crippen LogP contribution in [0.2, 0.25) is 0 Å². The van der Waals surface area contributed by atoms with Crippen molar-refractivity contribution in [2.45, 2.75) is 26.4 Å². The molecule has 1 fully saturated rings. The lowest BCUT2D eigenvalue weighted by molar-refractivity contribution is 0.0141. The van der Waals surface area contributed by atoms with E-state index in [-0.39, 0.29) is 12.0 Å². The van der Waals surface area contributed by atoms with Crippen LogP contribution in [0.25, 0.3) is 0 Å². The Morgan fingerprint density at radius 2 is 1.52 bits per heavy atom. The summed E-state index contributed by atoms with van der Waals surface area (Å²) in [7, 11) is 0. The maximum absolute atomic E-state index is 12.5. The number of rotatable bonds is 1. The van der Waals surface area contributed by atoms with Gasteiger partial charge in [-0.15, -0.1) is 0 Å². The molecule has 8 heteroatoms. The van der Waals surface area contributed by atoms with Gasteiger partial charge < -0.3 is 14.5 Å². The fourth-order valence-corrected chi connectivity index (χ4v) is 3.30. The lowest BCUT2D eigenvalue weighted by Crippen LogP contribution is -2.51. The molecule has 0 N–H and O–H groups in total. The number of piperazine rings is 1. The van der Waals surface area contributed by atoms with Crippen LogP contribution in [0, 0.1) is 0 Å². The molecule has 2 heterocycles. The van der Waals surface area contributed by atoms with E-state index in [4.69, 9.17) is 4.74 Å². The Labute approximate surface area is 152 Å². The van der Waals surface area contributed by atoms with E-state index in [1.165, 1.54) is 0 Å². The molecule has 126 valence electrons. The first-order valence-electron chi connectivity index (χ1n) is 7.26. The summed E-state index contributed by atoms with van der Waals surface area (Å²) in [6.45, 7) is 7.41. The van der Waals surface area contributed by atoms with Gasteiger partial charge in [0.05, 0.1) is 0 Å². The van der Waals surface area contributed by atoms with Crippen LogP contribution in [0.4, 0.5) is 4.79 Å². The lowest BCUT2D eigenvalue weighted by Gasteiger charge is -2.35. The van der Waals surface area contributed by atoms with E-state index >= 15 is 0 Å². The van der Waals surface area contributed by atoms with Crippen molar-refractivity contribution in [2.75, 3.05) is 26.2 Å². The molecule has 1 aromatic rings. The maximum atomic E-state index is 12.5. The zero-order valence-electron chi connectivity index (χ0n) is 13.3. The number of carbonyl (C=O) groups excluding carboxylic acids is 2. The van der Waals surface area contributed by atoms with Gasteiger partial charge in [0.25, 0.3) is 5.91 Å². The van der Waals surface area contributed by atoms with E-state index in [1.807, 2.05) is 20.8 Å². The van der Waals surface area contributed by atoms with Crippen molar-refractivity contribution in [1.29, 1.82) is 0 Å². The number of nitrogens with zero attached hydrogens (tertiary/aromatic N) is 3. The quantitative estimate of drug-likeness (QED) is 0.618. The second-order valence-electron chi connectivity index (χ2n) is 6.26. The van der Waals surface area contributed by atoms with Crippen LogP contribution in [0.15, 0.2) is 21.3 Å². The predicted molar refractivity (Wildman–Crippen MR) is 93.3 cm³/mol. The van der Waals surface area contributed by atoms with Crippen molar-refractivity contribution >= 4 is 43.9 Å². The Kier molecular flexibility index (Phi) is 5.67. The number of pyridine rings is 1. The first-order valence-corrected chi connectivity index (χ1v) is 8.84. The van der Waals surface area contributed by atoms with Crippen molar-refractivity contribution in [3.05, 3.63) is 26.9 Å². The average Bonchev–Trinajstić information content (AvgIpc) is 2.44. The second-order valence-corrected chi connectivity index (χ2v) is 7.89. The summed E-state index contributed by atoms with van der Waals surface area (Å²) >= 11 is 6.56. The lowest BCUT2D eigenvalue weighted by atomic mass is 10.2. The van der Waals surface area contributed by atoms with E-state index in [2.05, 4.69) is 36.8 Å². The summed E-state index contributed by atoms with van der Waals surface area (Å²) in [6, 6.07) is 3.38. The van der Waals surface area contributed by atoms with Crippen LogP contribution < -0.4 is 0 Å². The molecule has 0 atom stereocenters. The smallest absolute Gasteiger partial charge is 0.410 e. The molecule has 2 rings (SSSR count). The van der Waals surface area contributed by atoms with Crippen LogP contribution >= 0.6 is 31.9 Å². The van der Waals surface area contributed by atoms with Gasteiger partial charge in [-0.3, -0.25) is 4.79 Å². The zero-order valence-corrected chi connectivity index (χ0v) is 16.5. The first-order chi connectivity index (χ1) is 10.7. The molecular formula is C15H19Br2N3O3. The Hall–Kier alpha value is -1.15. The predicted octanol–water partition coefficient (Wildman–Crippen LogP) is 3.30. The van der Waals surface area contributed by atoms with Gasteiger partial charge in [-0.25, -0.2) is 9.78 Å². The number of amides is 2. The molecule has 0 aromatic carbocycles. The van der Waals surface area contributed by atoms with E-state index in [0.717, 1.165) is 0 Å². The summed E-state index contributed by atoms with van der Waals surface area (Å²) in [5.41, 5.74) is 0.0454. The second kappa shape index (κ2) is 7.17. The number of carbonyl (C=O) groups is 2. The molecule has 6 nitrogen and oxygen atoms in total. The zero-order chi connectivity index (χ0) is 17.2. The third-order valence-electron chi connectivity index (χ3n) is 3.23. The van der Waals surface area contributed by atoms with Crippen LogP contribution in [0.1, 0.15) is 31.1 Å². The summed E-state index contributed by atoms with van der Waals surface area (Å²) in [4.78, 5) is 32.0. The monoisotopic (exact) mass is 447 g/mol. The van der Waals surface area contributed by atoms with E-state index < -0.39 is 5.60 Å². The number of hydrogen-bond acceptors (Lipinski definition) is 4. The van der Waals surface area contributed by atoms with Crippen molar-refractivity contribution < 1.29 is 14.3 Å². The van der Waals surface area contributed by atoms with Crippen molar-refractivity contribution in [1.82, 2.24) is 14.8 Å². The Bertz CT molecular complexity index is 588. The first kappa shape index (κ1) is 18.2. The van der Waals surface area contributed by atoms with Crippen molar-refractivity contribution in [2.24, 2.45) is 0 Å². The highest BCUT2D eigenvalue weighted by Gasteiger charge is 2.28. The Morgan fingerprint density at radius 1 is 1.04 bits per heavy atom. The van der Waals surface area contributed by atoms with Gasteiger partial charge in [0.1, 0.15) is 14.8 Å². The minimum absolute atomic E-state index is 0.0716. The minimum atomic E-state index is -0.514. The van der Waals surface area contributed by atoms with Crippen molar-refractivity contribution in [3.8, 4) is 0 Å². The largest absolute Gasteiger partial charge is 0.444 e. The number of halogens is 2. The summed E-state index contributed by atoms with van der Waals surface area (Å²) < 4.78 is 6.55. The topological polar surface area (TPSA) is 62.7 Å². The van der Waals surface area contributed by atoms with E-state index in [1.54, 1.807) is 21.9 Å². The SMILES string of the molecule is CC(C)(C)OC(=O)N1CCN(C(=O)c2cc(Br)nc(Br)c2)CC1. The third-order valence-corrected chi connectivity index (χ3v) is 4.04. The summed E-state index contributed by atoms with van der Waals surface area (Å²) in [5.74, 6) is -0.0716. The standard InChI is InChI=1S/C15H19Br2N3O3/c1-15(2,3)23-14(22)20-6-4-19(5-7-20)13(21)10-8-11(16)18-12(17)9-10/h8-9H,4-7H2,1-3H3. The number of hydrogen-bond donors (Lipinski definition) is 0. The van der Waals surface area contributed by atoms with Crippen LogP contribution in [-0.4, -0.2) is 58.6 Å². The molecule has 0 aliphatic carbocycles. The molecule has 0 saturated carbocycles. The van der Waals surface area contributed by atoms with Crippen molar-refractivity contribution in [3.63, 3.8) is 0 Å². The molecule has 1 saturated heterocycles. The molecule has 0 spiro atoms. The highest BCUT2D eigenvalue weighted by molar-refractivity contribution is 9.11. The molecular weight excluding hydrogens is 430 g/mol. The highest BCUT2D eigenvalue weighted by Crippen LogP contribution is 2.18. The van der Waals surface area contributed by atoms with Gasteiger partial charge in [-0.2, -0.15) is 0 Å². The number of aromatic nitrogens is 1. The fraction of sp³-hybridized carbons (Fsp3) is 0.533. The molecule has 23 heavy (non-hydrogen) atoms. The van der Waals surface area contributed by atoms with Gasteiger partial charge in [0, 0.05) is 31.7 Å². The van der Waals surface area contributed by atoms with Gasteiger partial charge in [0.2, 0.25) is 0 Å².